The summed E-state index contributed by atoms with van der Waals surface area (Å²) in [5.74, 6) is 0.922. The van der Waals surface area contributed by atoms with Crippen molar-refractivity contribution >= 4 is 0 Å². The molecular weight excluding hydrogens is 260 g/mol. The Labute approximate surface area is 130 Å². The SMILES string of the molecule is CCC1COC(C)CN1C1CC(C(C)(C)C)CCC1C#N. The van der Waals surface area contributed by atoms with E-state index in [1.165, 1.54) is 12.8 Å². The minimum Gasteiger partial charge on any atom is -0.376 e. The maximum atomic E-state index is 9.60. The van der Waals surface area contributed by atoms with Gasteiger partial charge in [-0.25, -0.2) is 0 Å². The summed E-state index contributed by atoms with van der Waals surface area (Å²) >= 11 is 0. The van der Waals surface area contributed by atoms with Crippen LogP contribution in [0.25, 0.3) is 0 Å². The third-order valence-electron chi connectivity index (χ3n) is 5.61. The third-order valence-corrected chi connectivity index (χ3v) is 5.61. The van der Waals surface area contributed by atoms with Crippen LogP contribution >= 0.6 is 0 Å². The van der Waals surface area contributed by atoms with E-state index in [-0.39, 0.29) is 5.92 Å². The molecule has 3 heteroatoms. The molecule has 2 fully saturated rings. The highest BCUT2D eigenvalue weighted by atomic mass is 16.5. The molecule has 5 unspecified atom stereocenters. The smallest absolute Gasteiger partial charge is 0.0674 e. The second-order valence-corrected chi connectivity index (χ2v) is 8.08. The van der Waals surface area contributed by atoms with Gasteiger partial charge in [-0.15, -0.1) is 0 Å². The Bertz CT molecular complexity index is 382. The fraction of sp³-hybridized carbons (Fsp3) is 0.944. The van der Waals surface area contributed by atoms with Gasteiger partial charge in [-0.3, -0.25) is 4.90 Å². The van der Waals surface area contributed by atoms with Crippen LogP contribution in [0, 0.1) is 28.6 Å². The standard InChI is InChI=1S/C18H32N2O/c1-6-16-12-21-13(2)11-20(16)17-9-15(18(3,4)5)8-7-14(17)10-19/h13-17H,6-9,11-12H2,1-5H3. The molecule has 2 rings (SSSR count). The van der Waals surface area contributed by atoms with Gasteiger partial charge < -0.3 is 4.74 Å². The molecule has 1 heterocycles. The zero-order valence-electron chi connectivity index (χ0n) is 14.4. The van der Waals surface area contributed by atoms with Gasteiger partial charge in [-0.1, -0.05) is 27.7 Å². The molecule has 120 valence electrons. The molecule has 1 saturated heterocycles. The lowest BCUT2D eigenvalue weighted by Crippen LogP contribution is -2.57. The largest absolute Gasteiger partial charge is 0.376 e. The normalized spacial score (nSPS) is 39.0. The van der Waals surface area contributed by atoms with Gasteiger partial charge in [0.25, 0.3) is 0 Å². The molecule has 0 aromatic heterocycles. The van der Waals surface area contributed by atoms with E-state index in [0.717, 1.165) is 31.9 Å². The lowest BCUT2D eigenvalue weighted by atomic mass is 9.67. The summed E-state index contributed by atoms with van der Waals surface area (Å²) in [4.78, 5) is 2.61. The van der Waals surface area contributed by atoms with Crippen molar-refractivity contribution in [3.8, 4) is 6.07 Å². The quantitative estimate of drug-likeness (QED) is 0.776. The fourth-order valence-electron chi connectivity index (χ4n) is 4.08. The highest BCUT2D eigenvalue weighted by Gasteiger charge is 2.41. The van der Waals surface area contributed by atoms with Crippen molar-refractivity contribution in [2.75, 3.05) is 13.2 Å². The van der Waals surface area contributed by atoms with Crippen LogP contribution in [0.5, 0.6) is 0 Å². The van der Waals surface area contributed by atoms with Crippen LogP contribution in [0.4, 0.5) is 0 Å². The number of rotatable bonds is 2. The van der Waals surface area contributed by atoms with E-state index in [1.807, 2.05) is 0 Å². The van der Waals surface area contributed by atoms with E-state index in [0.29, 0.717) is 23.6 Å². The van der Waals surface area contributed by atoms with E-state index in [1.54, 1.807) is 0 Å². The van der Waals surface area contributed by atoms with E-state index >= 15 is 0 Å². The molecule has 21 heavy (non-hydrogen) atoms. The zero-order valence-corrected chi connectivity index (χ0v) is 14.4. The molecular formula is C18H32N2O. The summed E-state index contributed by atoms with van der Waals surface area (Å²) in [5, 5.41) is 9.60. The van der Waals surface area contributed by atoms with Crippen molar-refractivity contribution in [3.05, 3.63) is 0 Å². The van der Waals surface area contributed by atoms with Crippen LogP contribution in [-0.2, 0) is 4.74 Å². The summed E-state index contributed by atoms with van der Waals surface area (Å²) in [6, 6.07) is 3.51. The first-order valence-electron chi connectivity index (χ1n) is 8.63. The molecule has 0 radical (unpaired) electrons. The van der Waals surface area contributed by atoms with E-state index in [4.69, 9.17) is 4.74 Å². The Kier molecular flexibility index (Phi) is 5.33. The molecule has 0 aromatic carbocycles. The zero-order chi connectivity index (χ0) is 15.6. The van der Waals surface area contributed by atoms with Crippen molar-refractivity contribution in [2.24, 2.45) is 17.3 Å². The summed E-state index contributed by atoms with van der Waals surface area (Å²) in [7, 11) is 0. The van der Waals surface area contributed by atoms with Crippen LogP contribution < -0.4 is 0 Å². The number of ether oxygens (including phenoxy) is 1. The van der Waals surface area contributed by atoms with Crippen molar-refractivity contribution < 1.29 is 4.74 Å². The minimum absolute atomic E-state index is 0.197. The van der Waals surface area contributed by atoms with Crippen LogP contribution in [0.1, 0.15) is 60.3 Å². The maximum absolute atomic E-state index is 9.60. The average Bonchev–Trinajstić information content (AvgIpc) is 2.45. The number of hydrogen-bond donors (Lipinski definition) is 0. The third kappa shape index (κ3) is 3.79. The number of nitrogens with zero attached hydrogens (tertiary/aromatic N) is 2. The summed E-state index contributed by atoms with van der Waals surface area (Å²) in [5.41, 5.74) is 0.346. The minimum atomic E-state index is 0.197. The van der Waals surface area contributed by atoms with Crippen molar-refractivity contribution in [1.82, 2.24) is 4.90 Å². The molecule has 1 aliphatic heterocycles. The van der Waals surface area contributed by atoms with E-state index < -0.39 is 0 Å². The first-order chi connectivity index (χ1) is 9.86. The highest BCUT2D eigenvalue weighted by Crippen LogP contribution is 2.42. The Balaban J connectivity index is 2.17. The van der Waals surface area contributed by atoms with Gasteiger partial charge in [0.1, 0.15) is 0 Å². The van der Waals surface area contributed by atoms with Gasteiger partial charge >= 0.3 is 0 Å². The first-order valence-corrected chi connectivity index (χ1v) is 8.63. The summed E-state index contributed by atoms with van der Waals surface area (Å²) in [6.45, 7) is 13.2. The Morgan fingerprint density at radius 1 is 1.29 bits per heavy atom. The molecule has 5 atom stereocenters. The van der Waals surface area contributed by atoms with Gasteiger partial charge in [0, 0.05) is 18.6 Å². The van der Waals surface area contributed by atoms with Gasteiger partial charge in [-0.2, -0.15) is 5.26 Å². The van der Waals surface area contributed by atoms with Crippen molar-refractivity contribution in [3.63, 3.8) is 0 Å². The summed E-state index contributed by atoms with van der Waals surface area (Å²) in [6.07, 6.45) is 4.84. The van der Waals surface area contributed by atoms with E-state index in [2.05, 4.69) is 45.6 Å². The molecule has 0 spiro atoms. The van der Waals surface area contributed by atoms with Gasteiger partial charge in [-0.05, 0) is 43.9 Å². The second-order valence-electron chi connectivity index (χ2n) is 8.08. The average molecular weight is 292 g/mol. The lowest BCUT2D eigenvalue weighted by molar-refractivity contribution is -0.0903. The molecule has 2 aliphatic rings. The molecule has 1 saturated carbocycles. The van der Waals surface area contributed by atoms with Gasteiger partial charge in [0.05, 0.1) is 24.7 Å². The van der Waals surface area contributed by atoms with Crippen LogP contribution in [0.2, 0.25) is 0 Å². The monoisotopic (exact) mass is 292 g/mol. The topological polar surface area (TPSA) is 36.3 Å². The molecule has 0 N–H and O–H groups in total. The fourth-order valence-corrected chi connectivity index (χ4v) is 4.08. The number of hydrogen-bond acceptors (Lipinski definition) is 3. The number of nitriles is 1. The van der Waals surface area contributed by atoms with Crippen LogP contribution in [-0.4, -0.2) is 36.2 Å². The van der Waals surface area contributed by atoms with Crippen LogP contribution in [0.15, 0.2) is 0 Å². The second kappa shape index (κ2) is 6.67. The van der Waals surface area contributed by atoms with Gasteiger partial charge in [0.2, 0.25) is 0 Å². The predicted octanol–water partition coefficient (Wildman–Crippen LogP) is 3.84. The Morgan fingerprint density at radius 2 is 2.00 bits per heavy atom. The van der Waals surface area contributed by atoms with Crippen LogP contribution in [0.3, 0.4) is 0 Å². The lowest BCUT2D eigenvalue weighted by Gasteiger charge is -2.49. The molecule has 0 amide bonds. The first kappa shape index (κ1) is 16.8. The van der Waals surface area contributed by atoms with E-state index in [9.17, 15) is 5.26 Å². The Hall–Kier alpha value is -0.590. The highest BCUT2D eigenvalue weighted by molar-refractivity contribution is 5.01. The molecule has 1 aliphatic carbocycles. The molecule has 3 nitrogen and oxygen atoms in total. The Morgan fingerprint density at radius 3 is 2.57 bits per heavy atom. The van der Waals surface area contributed by atoms with Crippen molar-refractivity contribution in [2.45, 2.75) is 78.5 Å². The molecule has 0 aromatic rings. The maximum Gasteiger partial charge on any atom is 0.0674 e. The predicted molar refractivity (Wildman–Crippen MR) is 85.9 cm³/mol. The number of morpholine rings is 1. The summed E-state index contributed by atoms with van der Waals surface area (Å²) < 4.78 is 5.84. The molecule has 0 bridgehead atoms. The van der Waals surface area contributed by atoms with Gasteiger partial charge in [0.15, 0.2) is 0 Å². The van der Waals surface area contributed by atoms with Crippen molar-refractivity contribution in [1.29, 1.82) is 5.26 Å².